The third-order valence-corrected chi connectivity index (χ3v) is 6.31. The van der Waals surface area contributed by atoms with E-state index in [0.717, 1.165) is 23.5 Å². The lowest BCUT2D eigenvalue weighted by Gasteiger charge is -2.43. The van der Waals surface area contributed by atoms with Gasteiger partial charge in [0, 0.05) is 37.8 Å². The Morgan fingerprint density at radius 2 is 2.10 bits per heavy atom. The van der Waals surface area contributed by atoms with E-state index in [1.807, 2.05) is 24.2 Å². The summed E-state index contributed by atoms with van der Waals surface area (Å²) in [5.41, 5.74) is 0.686. The minimum absolute atomic E-state index is 0.686. The summed E-state index contributed by atoms with van der Waals surface area (Å²) >= 11 is 1.84. The maximum absolute atomic E-state index is 4.35. The summed E-state index contributed by atoms with van der Waals surface area (Å²) in [5, 5.41) is 8.37. The Hall–Kier alpha value is -0.520. The molecule has 0 radical (unpaired) electrons. The smallest absolute Gasteiger partial charge is 0.167 e. The molecule has 2 aliphatic rings. The maximum atomic E-state index is 4.35. The third-order valence-electron chi connectivity index (χ3n) is 5.25. The molecule has 0 bridgehead atoms. The van der Waals surface area contributed by atoms with Crippen LogP contribution in [0.25, 0.3) is 0 Å². The Morgan fingerprint density at radius 3 is 2.76 bits per heavy atom. The summed E-state index contributed by atoms with van der Waals surface area (Å²) in [5.74, 6) is 1.11. The molecule has 1 aromatic heterocycles. The second-order valence-electron chi connectivity index (χ2n) is 6.65. The van der Waals surface area contributed by atoms with Crippen LogP contribution in [0.1, 0.15) is 38.5 Å². The molecular formula is C16H28N4S. The van der Waals surface area contributed by atoms with Gasteiger partial charge in [-0.2, -0.15) is 0 Å². The van der Waals surface area contributed by atoms with E-state index in [-0.39, 0.29) is 0 Å². The predicted molar refractivity (Wildman–Crippen MR) is 88.7 cm³/mol. The van der Waals surface area contributed by atoms with E-state index in [9.17, 15) is 0 Å². The number of hydrogen-bond acceptors (Lipinski definition) is 4. The fourth-order valence-corrected chi connectivity index (χ4v) is 4.59. The highest BCUT2D eigenvalue weighted by molar-refractivity contribution is 7.99. The lowest BCUT2D eigenvalue weighted by molar-refractivity contribution is 0.116. The molecule has 5 heteroatoms. The van der Waals surface area contributed by atoms with Gasteiger partial charge in [0.05, 0.1) is 0 Å². The lowest BCUT2D eigenvalue weighted by atomic mass is 9.67. The highest BCUT2D eigenvalue weighted by Gasteiger charge is 2.35. The quantitative estimate of drug-likeness (QED) is 0.647. The fraction of sp³-hybridized carbons (Fsp3) is 0.812. The van der Waals surface area contributed by atoms with Crippen molar-refractivity contribution in [2.75, 3.05) is 25.4 Å². The van der Waals surface area contributed by atoms with Crippen molar-refractivity contribution < 1.29 is 0 Å². The molecule has 2 fully saturated rings. The summed E-state index contributed by atoms with van der Waals surface area (Å²) in [4.78, 5) is 4.35. The topological polar surface area (TPSA) is 41.9 Å². The molecule has 1 aliphatic carbocycles. The second kappa shape index (κ2) is 7.16. The number of hydrogen-bond donors (Lipinski definition) is 2. The van der Waals surface area contributed by atoms with Gasteiger partial charge in [-0.05, 0) is 57.0 Å². The summed E-state index contributed by atoms with van der Waals surface area (Å²) in [6.07, 6.45) is 12.3. The van der Waals surface area contributed by atoms with Crippen molar-refractivity contribution in [3.63, 3.8) is 0 Å². The molecular weight excluding hydrogens is 280 g/mol. The predicted octanol–water partition coefficient (Wildman–Crippen LogP) is 2.41. The van der Waals surface area contributed by atoms with Crippen molar-refractivity contribution in [1.82, 2.24) is 20.2 Å². The molecule has 0 unspecified atom stereocenters. The summed E-state index contributed by atoms with van der Waals surface area (Å²) in [7, 11) is 2.06. The number of aromatic nitrogens is 2. The van der Waals surface area contributed by atoms with Crippen molar-refractivity contribution in [3.8, 4) is 0 Å². The highest BCUT2D eigenvalue weighted by atomic mass is 32.2. The zero-order valence-corrected chi connectivity index (χ0v) is 13.9. The average molecular weight is 308 g/mol. The van der Waals surface area contributed by atoms with Crippen LogP contribution in [0.3, 0.4) is 0 Å². The monoisotopic (exact) mass is 308 g/mol. The first-order valence-electron chi connectivity index (χ1n) is 8.32. The molecule has 2 heterocycles. The Labute approximate surface area is 132 Å². The largest absolute Gasteiger partial charge is 0.329 e. The molecule has 1 saturated heterocycles. The lowest BCUT2D eigenvalue weighted by Crippen LogP contribution is -2.43. The van der Waals surface area contributed by atoms with Gasteiger partial charge in [0.15, 0.2) is 5.16 Å². The van der Waals surface area contributed by atoms with E-state index in [0.29, 0.717) is 5.41 Å². The van der Waals surface area contributed by atoms with Crippen LogP contribution in [-0.2, 0) is 7.05 Å². The molecule has 1 aliphatic heterocycles. The third kappa shape index (κ3) is 4.02. The molecule has 0 amide bonds. The first-order chi connectivity index (χ1) is 10.3. The highest BCUT2D eigenvalue weighted by Crippen LogP contribution is 2.43. The van der Waals surface area contributed by atoms with Crippen molar-refractivity contribution in [1.29, 1.82) is 0 Å². The van der Waals surface area contributed by atoms with Crippen molar-refractivity contribution >= 4 is 11.8 Å². The van der Waals surface area contributed by atoms with Crippen LogP contribution in [0.2, 0.25) is 0 Å². The minimum atomic E-state index is 0.686. The number of piperidine rings is 1. The number of aryl methyl sites for hydroxylation is 1. The maximum Gasteiger partial charge on any atom is 0.167 e. The molecule has 0 atom stereocenters. The Morgan fingerprint density at radius 1 is 1.33 bits per heavy atom. The molecule has 1 aromatic rings. The molecule has 0 aromatic carbocycles. The summed E-state index contributed by atoms with van der Waals surface area (Å²) in [6.45, 7) is 3.56. The van der Waals surface area contributed by atoms with Crippen molar-refractivity contribution in [2.24, 2.45) is 12.5 Å². The van der Waals surface area contributed by atoms with Gasteiger partial charge in [0.25, 0.3) is 0 Å². The van der Waals surface area contributed by atoms with Crippen LogP contribution in [0.5, 0.6) is 0 Å². The molecule has 21 heavy (non-hydrogen) atoms. The van der Waals surface area contributed by atoms with Gasteiger partial charge in [-0.3, -0.25) is 0 Å². The van der Waals surface area contributed by atoms with Crippen LogP contribution in [0, 0.1) is 5.41 Å². The Balaban J connectivity index is 1.33. The SMILES string of the molecule is Cn1ccnc1SCCNC1CCC2(CCNCC2)CC1. The van der Waals surface area contributed by atoms with Crippen LogP contribution in [0.15, 0.2) is 17.6 Å². The van der Waals surface area contributed by atoms with Crippen LogP contribution >= 0.6 is 11.8 Å². The summed E-state index contributed by atoms with van der Waals surface area (Å²) < 4.78 is 2.09. The second-order valence-corrected chi connectivity index (χ2v) is 7.71. The molecule has 2 N–H and O–H groups in total. The number of nitrogens with one attached hydrogen (secondary N) is 2. The Kier molecular flexibility index (Phi) is 5.24. The zero-order chi connectivity index (χ0) is 14.5. The van der Waals surface area contributed by atoms with Crippen LogP contribution < -0.4 is 10.6 Å². The molecule has 3 rings (SSSR count). The van der Waals surface area contributed by atoms with Crippen LogP contribution in [0.4, 0.5) is 0 Å². The fourth-order valence-electron chi connectivity index (χ4n) is 3.79. The number of rotatable bonds is 5. The van der Waals surface area contributed by atoms with Gasteiger partial charge in [-0.15, -0.1) is 0 Å². The number of thioether (sulfide) groups is 1. The standard InChI is InChI=1S/C16H28N4S/c1-20-12-10-19-15(20)21-13-11-18-14-2-4-16(5-3-14)6-8-17-9-7-16/h10,12,14,17-18H,2-9,11,13H2,1H3. The van der Waals surface area contributed by atoms with Gasteiger partial charge in [0.2, 0.25) is 0 Å². The van der Waals surface area contributed by atoms with Crippen molar-refractivity contribution in [2.45, 2.75) is 49.7 Å². The first-order valence-corrected chi connectivity index (χ1v) is 9.30. The van der Waals surface area contributed by atoms with Gasteiger partial charge < -0.3 is 15.2 Å². The van der Waals surface area contributed by atoms with Gasteiger partial charge in [0.1, 0.15) is 0 Å². The average Bonchev–Trinajstić information content (AvgIpc) is 2.92. The normalized spacial score (nSPS) is 22.7. The van der Waals surface area contributed by atoms with Gasteiger partial charge in [-0.1, -0.05) is 11.8 Å². The van der Waals surface area contributed by atoms with E-state index >= 15 is 0 Å². The Bertz CT molecular complexity index is 429. The molecule has 1 spiro atoms. The van der Waals surface area contributed by atoms with E-state index in [4.69, 9.17) is 0 Å². The molecule has 4 nitrogen and oxygen atoms in total. The molecule has 1 saturated carbocycles. The first kappa shape index (κ1) is 15.4. The van der Waals surface area contributed by atoms with Crippen molar-refractivity contribution in [3.05, 3.63) is 12.4 Å². The van der Waals surface area contributed by atoms with E-state index in [2.05, 4.69) is 27.2 Å². The van der Waals surface area contributed by atoms with Gasteiger partial charge in [-0.25, -0.2) is 4.98 Å². The van der Waals surface area contributed by atoms with E-state index < -0.39 is 0 Å². The van der Waals surface area contributed by atoms with E-state index in [1.165, 1.54) is 51.6 Å². The zero-order valence-electron chi connectivity index (χ0n) is 13.1. The number of imidazole rings is 1. The minimum Gasteiger partial charge on any atom is -0.329 e. The number of nitrogens with zero attached hydrogens (tertiary/aromatic N) is 2. The van der Waals surface area contributed by atoms with Gasteiger partial charge >= 0.3 is 0 Å². The van der Waals surface area contributed by atoms with Crippen LogP contribution in [-0.4, -0.2) is 41.0 Å². The van der Waals surface area contributed by atoms with E-state index in [1.54, 1.807) is 0 Å². The summed E-state index contributed by atoms with van der Waals surface area (Å²) in [6, 6.07) is 0.743. The molecule has 118 valence electrons.